The number of nitrogen functional groups attached to an aromatic ring is 1. The van der Waals surface area contributed by atoms with Gasteiger partial charge >= 0.3 is 0 Å². The number of hydrogen-bond acceptors (Lipinski definition) is 3. The fraction of sp³-hybridized carbons (Fsp3) is 0.400. The Kier molecular flexibility index (Phi) is 3.29. The van der Waals surface area contributed by atoms with E-state index < -0.39 is 0 Å². The van der Waals surface area contributed by atoms with Crippen LogP contribution >= 0.6 is 0 Å². The van der Waals surface area contributed by atoms with Gasteiger partial charge in [0.15, 0.2) is 0 Å². The quantitative estimate of drug-likeness (QED) is 0.731. The molecule has 4 heteroatoms. The van der Waals surface area contributed by atoms with E-state index in [9.17, 15) is 0 Å². The molecule has 14 heavy (non-hydrogen) atoms. The molecule has 0 aliphatic carbocycles. The molecule has 0 saturated heterocycles. The van der Waals surface area contributed by atoms with Crippen LogP contribution in [-0.4, -0.2) is 9.78 Å². The zero-order valence-electron chi connectivity index (χ0n) is 8.32. The molecule has 0 radical (unpaired) electrons. The van der Waals surface area contributed by atoms with Gasteiger partial charge in [-0.05, 0) is 6.42 Å². The highest BCUT2D eigenvalue weighted by atomic mass is 15.3. The molecule has 0 aliphatic rings. The summed E-state index contributed by atoms with van der Waals surface area (Å²) in [6.07, 6.45) is 3.46. The van der Waals surface area contributed by atoms with Gasteiger partial charge in [-0.1, -0.05) is 19.4 Å². The van der Waals surface area contributed by atoms with E-state index in [0.29, 0.717) is 17.9 Å². The second-order valence-electron chi connectivity index (χ2n) is 3.04. The van der Waals surface area contributed by atoms with Crippen molar-refractivity contribution in [3.05, 3.63) is 23.9 Å². The van der Waals surface area contributed by atoms with Crippen LogP contribution in [0.1, 0.15) is 24.6 Å². The van der Waals surface area contributed by atoms with E-state index >= 15 is 0 Å². The summed E-state index contributed by atoms with van der Waals surface area (Å²) in [6, 6.07) is 2.08. The minimum absolute atomic E-state index is 0.441. The smallest absolute Gasteiger partial charge is 0.140 e. The highest BCUT2D eigenvalue weighted by Gasteiger charge is 2.13. The Morgan fingerprint density at radius 2 is 2.43 bits per heavy atom. The summed E-state index contributed by atoms with van der Waals surface area (Å²) in [5.74, 6) is 0.441. The molecule has 1 rings (SSSR count). The van der Waals surface area contributed by atoms with Gasteiger partial charge in [-0.15, -0.1) is 6.58 Å². The molecule has 1 aromatic rings. The molecule has 0 aromatic carbocycles. The van der Waals surface area contributed by atoms with E-state index in [2.05, 4.69) is 17.7 Å². The summed E-state index contributed by atoms with van der Waals surface area (Å²) in [5.41, 5.74) is 7.06. The van der Waals surface area contributed by atoms with E-state index in [1.165, 1.54) is 0 Å². The van der Waals surface area contributed by atoms with Crippen molar-refractivity contribution >= 4 is 5.82 Å². The Bertz CT molecular complexity index is 370. The molecule has 0 unspecified atom stereocenters. The minimum Gasteiger partial charge on any atom is -0.383 e. The van der Waals surface area contributed by atoms with Crippen molar-refractivity contribution in [1.82, 2.24) is 9.78 Å². The lowest BCUT2D eigenvalue weighted by Crippen LogP contribution is -2.03. The second kappa shape index (κ2) is 4.47. The lowest BCUT2D eigenvalue weighted by Gasteiger charge is -1.97. The number of anilines is 1. The van der Waals surface area contributed by atoms with Gasteiger partial charge in [-0.3, -0.25) is 0 Å². The number of nitrogens with two attached hydrogens (primary N) is 1. The average Bonchev–Trinajstić information content (AvgIpc) is 2.45. The normalized spacial score (nSPS) is 9.71. The van der Waals surface area contributed by atoms with Gasteiger partial charge in [-0.2, -0.15) is 10.4 Å². The van der Waals surface area contributed by atoms with Gasteiger partial charge in [0.05, 0.1) is 12.2 Å². The fourth-order valence-corrected chi connectivity index (χ4v) is 1.32. The molecule has 1 aromatic heterocycles. The van der Waals surface area contributed by atoms with E-state index in [1.807, 2.05) is 6.92 Å². The number of hydrogen-bond donors (Lipinski definition) is 1. The second-order valence-corrected chi connectivity index (χ2v) is 3.04. The van der Waals surface area contributed by atoms with Crippen molar-refractivity contribution in [2.45, 2.75) is 26.3 Å². The lowest BCUT2D eigenvalue weighted by atomic mass is 10.2. The monoisotopic (exact) mass is 190 g/mol. The summed E-state index contributed by atoms with van der Waals surface area (Å²) < 4.78 is 1.61. The number of nitrogens with zero attached hydrogens (tertiary/aromatic N) is 3. The topological polar surface area (TPSA) is 67.6 Å². The SMILES string of the molecule is C=CCn1nc(CCC)c(C#N)c1N. The van der Waals surface area contributed by atoms with Crippen molar-refractivity contribution in [2.24, 2.45) is 0 Å². The third-order valence-corrected chi connectivity index (χ3v) is 1.96. The largest absolute Gasteiger partial charge is 0.383 e. The van der Waals surface area contributed by atoms with Crippen LogP contribution in [0.15, 0.2) is 12.7 Å². The molecule has 0 bridgehead atoms. The average molecular weight is 190 g/mol. The molecule has 0 aliphatic heterocycles. The van der Waals surface area contributed by atoms with E-state index in [4.69, 9.17) is 11.0 Å². The predicted octanol–water partition coefficient (Wildman–Crippen LogP) is 1.48. The summed E-state index contributed by atoms with van der Waals surface area (Å²) in [6.45, 7) is 6.20. The minimum atomic E-state index is 0.441. The van der Waals surface area contributed by atoms with Crippen LogP contribution in [0.5, 0.6) is 0 Å². The number of allylic oxidation sites excluding steroid dienone is 1. The van der Waals surface area contributed by atoms with Crippen LogP contribution in [0.25, 0.3) is 0 Å². The number of aromatic nitrogens is 2. The van der Waals surface area contributed by atoms with Crippen molar-refractivity contribution in [1.29, 1.82) is 5.26 Å². The Balaban J connectivity index is 3.11. The molecule has 0 fully saturated rings. The standard InChI is InChI=1S/C10H14N4/c1-3-5-9-8(7-11)10(12)14(13-9)6-4-2/h4H,2-3,5-6,12H2,1H3. The lowest BCUT2D eigenvalue weighted by molar-refractivity contribution is 0.690. The molecule has 1 heterocycles. The Labute approximate surface area is 83.6 Å². The van der Waals surface area contributed by atoms with Gasteiger partial charge in [0.2, 0.25) is 0 Å². The van der Waals surface area contributed by atoms with E-state index in [0.717, 1.165) is 18.5 Å². The summed E-state index contributed by atoms with van der Waals surface area (Å²) in [5, 5.41) is 13.2. The molecule has 74 valence electrons. The third-order valence-electron chi connectivity index (χ3n) is 1.96. The molecular formula is C10H14N4. The van der Waals surface area contributed by atoms with Crippen LogP contribution in [0.4, 0.5) is 5.82 Å². The van der Waals surface area contributed by atoms with Gasteiger partial charge in [0.25, 0.3) is 0 Å². The van der Waals surface area contributed by atoms with Crippen LogP contribution in [-0.2, 0) is 13.0 Å². The maximum atomic E-state index is 8.90. The maximum Gasteiger partial charge on any atom is 0.140 e. The Hall–Kier alpha value is -1.76. The van der Waals surface area contributed by atoms with Gasteiger partial charge < -0.3 is 5.73 Å². The highest BCUT2D eigenvalue weighted by molar-refractivity contribution is 5.52. The van der Waals surface area contributed by atoms with Gasteiger partial charge in [0, 0.05) is 0 Å². The van der Waals surface area contributed by atoms with Crippen molar-refractivity contribution in [3.8, 4) is 6.07 Å². The molecule has 4 nitrogen and oxygen atoms in total. The van der Waals surface area contributed by atoms with Crippen molar-refractivity contribution in [3.63, 3.8) is 0 Å². The third kappa shape index (κ3) is 1.77. The molecule has 2 N–H and O–H groups in total. The van der Waals surface area contributed by atoms with E-state index in [-0.39, 0.29) is 0 Å². The zero-order chi connectivity index (χ0) is 10.6. The molecule has 0 saturated carbocycles. The number of aryl methyl sites for hydroxylation is 1. The van der Waals surface area contributed by atoms with Crippen LogP contribution in [0, 0.1) is 11.3 Å². The van der Waals surface area contributed by atoms with Crippen molar-refractivity contribution < 1.29 is 0 Å². The fourth-order valence-electron chi connectivity index (χ4n) is 1.32. The first-order valence-electron chi connectivity index (χ1n) is 4.60. The maximum absolute atomic E-state index is 8.90. The summed E-state index contributed by atoms with van der Waals surface area (Å²) >= 11 is 0. The number of rotatable bonds is 4. The highest BCUT2D eigenvalue weighted by Crippen LogP contribution is 2.16. The van der Waals surface area contributed by atoms with Gasteiger partial charge in [-0.25, -0.2) is 4.68 Å². The first-order valence-corrected chi connectivity index (χ1v) is 4.60. The van der Waals surface area contributed by atoms with Crippen LogP contribution < -0.4 is 5.73 Å². The van der Waals surface area contributed by atoms with E-state index in [1.54, 1.807) is 10.8 Å². The Morgan fingerprint density at radius 1 is 1.71 bits per heavy atom. The molecule has 0 atom stereocenters. The zero-order valence-corrected chi connectivity index (χ0v) is 8.32. The van der Waals surface area contributed by atoms with Crippen LogP contribution in [0.3, 0.4) is 0 Å². The predicted molar refractivity (Wildman–Crippen MR) is 55.5 cm³/mol. The van der Waals surface area contributed by atoms with Gasteiger partial charge in [0.1, 0.15) is 17.5 Å². The summed E-state index contributed by atoms with van der Waals surface area (Å²) in [4.78, 5) is 0. The first kappa shape index (κ1) is 10.3. The Morgan fingerprint density at radius 3 is 2.93 bits per heavy atom. The molecule has 0 spiro atoms. The van der Waals surface area contributed by atoms with Crippen molar-refractivity contribution in [2.75, 3.05) is 5.73 Å². The first-order chi connectivity index (χ1) is 6.74. The molecular weight excluding hydrogens is 176 g/mol. The number of nitriles is 1. The van der Waals surface area contributed by atoms with Crippen LogP contribution in [0.2, 0.25) is 0 Å². The molecule has 0 amide bonds. The summed E-state index contributed by atoms with van der Waals surface area (Å²) in [7, 11) is 0.